The van der Waals surface area contributed by atoms with E-state index in [2.05, 4.69) is 12.2 Å². The van der Waals surface area contributed by atoms with E-state index in [9.17, 15) is 4.79 Å². The monoisotopic (exact) mass is 353 g/mol. The predicted octanol–water partition coefficient (Wildman–Crippen LogP) is 3.36. The van der Waals surface area contributed by atoms with Crippen molar-refractivity contribution < 1.29 is 19.4 Å². The van der Waals surface area contributed by atoms with Crippen molar-refractivity contribution in [1.82, 2.24) is 5.32 Å². The third-order valence-corrected chi connectivity index (χ3v) is 6.18. The molecule has 2 N–H and O–H groups in total. The van der Waals surface area contributed by atoms with Crippen molar-refractivity contribution in [3.05, 3.63) is 0 Å². The highest BCUT2D eigenvalue weighted by molar-refractivity contribution is 5.66. The van der Waals surface area contributed by atoms with Crippen LogP contribution in [0.2, 0.25) is 0 Å². The number of hydrogen-bond donors (Lipinski definition) is 2. The summed E-state index contributed by atoms with van der Waals surface area (Å²) in [5, 5.41) is 12.4. The second-order valence-electron chi connectivity index (χ2n) is 8.07. The van der Waals surface area contributed by atoms with Gasteiger partial charge in [0.15, 0.2) is 0 Å². The fraction of sp³-hybridized carbons (Fsp3) is 0.950. The van der Waals surface area contributed by atoms with Crippen LogP contribution in [0.25, 0.3) is 0 Å². The first-order valence-corrected chi connectivity index (χ1v) is 10.5. The largest absolute Gasteiger partial charge is 0.481 e. The van der Waals surface area contributed by atoms with Gasteiger partial charge in [-0.1, -0.05) is 45.4 Å². The van der Waals surface area contributed by atoms with Crippen molar-refractivity contribution in [2.45, 2.75) is 95.5 Å². The van der Waals surface area contributed by atoms with Crippen LogP contribution in [0, 0.1) is 11.8 Å². The Morgan fingerprint density at radius 2 is 1.56 bits per heavy atom. The lowest BCUT2D eigenvalue weighted by Gasteiger charge is -2.26. The fourth-order valence-corrected chi connectivity index (χ4v) is 4.78. The molecule has 144 valence electrons. The summed E-state index contributed by atoms with van der Waals surface area (Å²) in [7, 11) is 0. The molecule has 5 heteroatoms. The van der Waals surface area contributed by atoms with Gasteiger partial charge in [-0.15, -0.1) is 0 Å². The van der Waals surface area contributed by atoms with Crippen molar-refractivity contribution in [2.75, 3.05) is 13.1 Å². The average Bonchev–Trinajstić information content (AvgIpc) is 3.22. The van der Waals surface area contributed by atoms with Gasteiger partial charge in [0.2, 0.25) is 0 Å². The standard InChI is InChI=1S/C20H35NO4/c1-2-3-4-9-12-21-13-15-14(10-7-5-6-8-11-16(22)23)17-19-20(25-19)18(15)24-17/h14-15,17-21H,2-13H2,1H3,(H,22,23). The highest BCUT2D eigenvalue weighted by Gasteiger charge is 2.68. The summed E-state index contributed by atoms with van der Waals surface area (Å²) in [6.07, 6.45) is 12.3. The van der Waals surface area contributed by atoms with Gasteiger partial charge in [-0.05, 0) is 31.7 Å². The fourth-order valence-electron chi connectivity index (χ4n) is 4.78. The topological polar surface area (TPSA) is 71.1 Å². The first kappa shape index (κ1) is 19.1. The Morgan fingerprint density at radius 1 is 0.880 bits per heavy atom. The third kappa shape index (κ3) is 4.95. The molecule has 3 heterocycles. The van der Waals surface area contributed by atoms with Gasteiger partial charge in [-0.25, -0.2) is 0 Å². The minimum absolute atomic E-state index is 0.305. The normalized spacial score (nSPS) is 35.1. The van der Waals surface area contributed by atoms with Gasteiger partial charge in [0.05, 0.1) is 12.2 Å². The molecule has 3 aliphatic heterocycles. The molecule has 0 amide bonds. The molecule has 2 bridgehead atoms. The Kier molecular flexibility index (Phi) is 7.14. The SMILES string of the molecule is CCCCCCNCC1C(CCCCCCC(=O)O)C2OC1C1OC21. The van der Waals surface area contributed by atoms with E-state index in [1.807, 2.05) is 0 Å². The number of aliphatic carboxylic acids is 1. The van der Waals surface area contributed by atoms with E-state index in [0.717, 1.165) is 32.4 Å². The van der Waals surface area contributed by atoms with E-state index in [1.54, 1.807) is 0 Å². The van der Waals surface area contributed by atoms with Crippen molar-refractivity contribution in [1.29, 1.82) is 0 Å². The Morgan fingerprint density at radius 3 is 2.32 bits per heavy atom. The molecule has 0 radical (unpaired) electrons. The molecule has 25 heavy (non-hydrogen) atoms. The number of ether oxygens (including phenoxy) is 2. The van der Waals surface area contributed by atoms with Crippen molar-refractivity contribution in [2.24, 2.45) is 11.8 Å². The zero-order valence-corrected chi connectivity index (χ0v) is 15.6. The highest BCUT2D eigenvalue weighted by atomic mass is 16.7. The molecule has 0 aromatic heterocycles. The average molecular weight is 354 g/mol. The summed E-state index contributed by atoms with van der Waals surface area (Å²) in [4.78, 5) is 10.6. The Labute approximate surface area is 151 Å². The van der Waals surface area contributed by atoms with Crippen molar-refractivity contribution >= 4 is 5.97 Å². The number of unbranched alkanes of at least 4 members (excludes halogenated alkanes) is 6. The summed E-state index contributed by atoms with van der Waals surface area (Å²) in [5.74, 6) is 0.541. The van der Waals surface area contributed by atoms with Crippen LogP contribution in [0.4, 0.5) is 0 Å². The minimum Gasteiger partial charge on any atom is -0.481 e. The first-order chi connectivity index (χ1) is 12.2. The molecule has 0 aliphatic carbocycles. The smallest absolute Gasteiger partial charge is 0.303 e. The number of rotatable bonds is 14. The van der Waals surface area contributed by atoms with E-state index in [4.69, 9.17) is 14.6 Å². The van der Waals surface area contributed by atoms with Crippen LogP contribution in [0.1, 0.15) is 71.1 Å². The van der Waals surface area contributed by atoms with Crippen LogP contribution in [-0.4, -0.2) is 48.6 Å². The first-order valence-electron chi connectivity index (χ1n) is 10.5. The molecular formula is C20H35NO4. The summed E-state index contributed by atoms with van der Waals surface area (Å²) >= 11 is 0. The van der Waals surface area contributed by atoms with Crippen molar-refractivity contribution in [3.63, 3.8) is 0 Å². The number of carboxylic acids is 1. The summed E-state index contributed by atoms with van der Waals surface area (Å²) in [5.41, 5.74) is 0. The Hall–Kier alpha value is -0.650. The van der Waals surface area contributed by atoms with Crippen molar-refractivity contribution in [3.8, 4) is 0 Å². The molecule has 0 spiro atoms. The third-order valence-electron chi connectivity index (χ3n) is 6.18. The Balaban J connectivity index is 1.34. The van der Waals surface area contributed by atoms with Gasteiger partial charge in [-0.3, -0.25) is 4.79 Å². The number of fused-ring (bicyclic) bond motifs is 5. The van der Waals surface area contributed by atoms with Gasteiger partial charge in [0, 0.05) is 18.9 Å². The molecular weight excluding hydrogens is 318 g/mol. The van der Waals surface area contributed by atoms with E-state index < -0.39 is 5.97 Å². The van der Waals surface area contributed by atoms with Crippen LogP contribution < -0.4 is 5.32 Å². The van der Waals surface area contributed by atoms with Gasteiger partial charge >= 0.3 is 5.97 Å². The number of epoxide rings is 1. The van der Waals surface area contributed by atoms with E-state index in [1.165, 1.54) is 38.5 Å². The maximum absolute atomic E-state index is 10.6. The van der Waals surface area contributed by atoms with Crippen LogP contribution in [-0.2, 0) is 14.3 Å². The van der Waals surface area contributed by atoms with E-state index in [-0.39, 0.29) is 0 Å². The van der Waals surface area contributed by atoms with E-state index >= 15 is 0 Å². The molecule has 3 aliphatic rings. The minimum atomic E-state index is -0.677. The van der Waals surface area contributed by atoms with Crippen LogP contribution >= 0.6 is 0 Å². The number of carboxylic acid groups (broad SMARTS) is 1. The maximum atomic E-state index is 10.6. The molecule has 0 aromatic rings. The van der Waals surface area contributed by atoms with Crippen LogP contribution in [0.3, 0.4) is 0 Å². The summed E-state index contributed by atoms with van der Waals surface area (Å²) in [6.45, 7) is 4.42. The van der Waals surface area contributed by atoms with Gasteiger partial charge in [-0.2, -0.15) is 0 Å². The zero-order chi connectivity index (χ0) is 17.6. The van der Waals surface area contributed by atoms with Gasteiger partial charge in [0.1, 0.15) is 12.2 Å². The molecule has 6 atom stereocenters. The second-order valence-corrected chi connectivity index (χ2v) is 8.07. The molecule has 3 rings (SSSR count). The zero-order valence-electron chi connectivity index (χ0n) is 15.6. The maximum Gasteiger partial charge on any atom is 0.303 e. The lowest BCUT2D eigenvalue weighted by atomic mass is 9.76. The molecule has 5 nitrogen and oxygen atoms in total. The second kappa shape index (κ2) is 9.33. The van der Waals surface area contributed by atoms with Gasteiger partial charge < -0.3 is 19.9 Å². The van der Waals surface area contributed by atoms with E-state index in [0.29, 0.717) is 42.7 Å². The number of nitrogens with one attached hydrogen (secondary N) is 1. The molecule has 0 saturated carbocycles. The lowest BCUT2D eigenvalue weighted by Crippen LogP contribution is -2.39. The molecule has 3 saturated heterocycles. The molecule has 0 aromatic carbocycles. The van der Waals surface area contributed by atoms with Gasteiger partial charge in [0.25, 0.3) is 0 Å². The van der Waals surface area contributed by atoms with Crippen LogP contribution in [0.15, 0.2) is 0 Å². The molecule has 3 fully saturated rings. The Bertz CT molecular complexity index is 430. The highest BCUT2D eigenvalue weighted by Crippen LogP contribution is 2.54. The molecule has 6 unspecified atom stereocenters. The van der Waals surface area contributed by atoms with Crippen LogP contribution in [0.5, 0.6) is 0 Å². The summed E-state index contributed by atoms with van der Waals surface area (Å²) in [6, 6.07) is 0. The lowest BCUT2D eigenvalue weighted by molar-refractivity contribution is -0.137. The summed E-state index contributed by atoms with van der Waals surface area (Å²) < 4.78 is 12.0. The quantitative estimate of drug-likeness (QED) is 0.370. The number of hydrogen-bond acceptors (Lipinski definition) is 4. The number of carbonyl (C=O) groups is 1. The predicted molar refractivity (Wildman–Crippen MR) is 96.7 cm³/mol.